The van der Waals surface area contributed by atoms with Gasteiger partial charge in [-0.15, -0.1) is 0 Å². The van der Waals surface area contributed by atoms with Crippen molar-refractivity contribution < 1.29 is 19.1 Å². The molecule has 35 heavy (non-hydrogen) atoms. The van der Waals surface area contributed by atoms with Crippen LogP contribution in [0.15, 0.2) is 30.3 Å². The number of carbonyl (C=O) groups excluding carboxylic acids is 2. The number of unbranched alkanes of at least 4 members (excludes halogenated alkanes) is 1. The van der Waals surface area contributed by atoms with Crippen molar-refractivity contribution >= 4 is 22.6 Å². The summed E-state index contributed by atoms with van der Waals surface area (Å²) >= 11 is 0. The first-order valence-electron chi connectivity index (χ1n) is 12.5. The number of fused-ring (bicyclic) bond motifs is 2. The van der Waals surface area contributed by atoms with E-state index in [-0.39, 0.29) is 17.6 Å². The molecule has 7 nitrogen and oxygen atoms in total. The molecule has 0 saturated carbocycles. The zero-order chi connectivity index (χ0) is 24.9. The van der Waals surface area contributed by atoms with Crippen molar-refractivity contribution in [2.75, 3.05) is 20.3 Å². The molecule has 0 bridgehead atoms. The monoisotopic (exact) mass is 477 g/mol. The van der Waals surface area contributed by atoms with Gasteiger partial charge in [-0.05, 0) is 60.7 Å². The Labute approximate surface area is 206 Å². The van der Waals surface area contributed by atoms with E-state index in [2.05, 4.69) is 17.1 Å². The maximum absolute atomic E-state index is 13.6. The molecular formula is C28H35N3O4. The molecule has 2 aromatic carbocycles. The zero-order valence-corrected chi connectivity index (χ0v) is 21.1. The third kappa shape index (κ3) is 5.25. The van der Waals surface area contributed by atoms with E-state index in [0.717, 1.165) is 59.0 Å². The Bertz CT molecular complexity index is 1220. The average molecular weight is 478 g/mol. The van der Waals surface area contributed by atoms with Crippen molar-refractivity contribution in [3.05, 3.63) is 58.3 Å². The second kappa shape index (κ2) is 11.0. The fourth-order valence-corrected chi connectivity index (χ4v) is 4.77. The van der Waals surface area contributed by atoms with Gasteiger partial charge in [-0.3, -0.25) is 14.7 Å². The molecule has 0 saturated heterocycles. The van der Waals surface area contributed by atoms with Crippen LogP contribution in [0.2, 0.25) is 0 Å². The number of carbonyl (C=O) groups is 2. The first-order valence-corrected chi connectivity index (χ1v) is 12.5. The van der Waals surface area contributed by atoms with E-state index in [0.29, 0.717) is 37.6 Å². The molecule has 0 radical (unpaired) electrons. The van der Waals surface area contributed by atoms with E-state index in [4.69, 9.17) is 9.47 Å². The fourth-order valence-electron chi connectivity index (χ4n) is 4.77. The molecule has 1 aromatic heterocycles. The maximum atomic E-state index is 13.6. The molecule has 4 rings (SSSR count). The number of hydrogen-bond donors (Lipinski definition) is 1. The van der Waals surface area contributed by atoms with E-state index in [9.17, 15) is 9.59 Å². The Kier molecular flexibility index (Phi) is 7.86. The lowest BCUT2D eigenvalue weighted by Gasteiger charge is -2.17. The molecule has 1 unspecified atom stereocenters. The molecule has 3 aromatic rings. The number of aryl methyl sites for hydroxylation is 1. The van der Waals surface area contributed by atoms with E-state index < -0.39 is 0 Å². The van der Waals surface area contributed by atoms with Gasteiger partial charge in [0, 0.05) is 37.1 Å². The van der Waals surface area contributed by atoms with E-state index in [1.807, 2.05) is 49.1 Å². The van der Waals surface area contributed by atoms with Crippen molar-refractivity contribution in [3.63, 3.8) is 0 Å². The van der Waals surface area contributed by atoms with Crippen LogP contribution < -0.4 is 4.74 Å². The molecule has 1 aliphatic rings. The highest BCUT2D eigenvalue weighted by Crippen LogP contribution is 2.30. The minimum atomic E-state index is -0.0460. The lowest BCUT2D eigenvalue weighted by atomic mass is 9.91. The third-order valence-corrected chi connectivity index (χ3v) is 6.88. The number of methoxy groups -OCH3 is 1. The summed E-state index contributed by atoms with van der Waals surface area (Å²) in [6.45, 7) is 8.20. The smallest absolute Gasteiger partial charge is 0.254 e. The number of ketones is 1. The minimum Gasteiger partial charge on any atom is -0.491 e. The lowest BCUT2D eigenvalue weighted by Crippen LogP contribution is -2.26. The normalized spacial score (nSPS) is 13.8. The first-order chi connectivity index (χ1) is 17.0. The van der Waals surface area contributed by atoms with Crippen molar-refractivity contribution in [1.82, 2.24) is 15.1 Å². The van der Waals surface area contributed by atoms with Crippen LogP contribution in [-0.4, -0.2) is 47.1 Å². The number of nitrogens with zero attached hydrogens (tertiary/aromatic N) is 2. The van der Waals surface area contributed by atoms with Crippen LogP contribution in [0, 0.1) is 12.8 Å². The van der Waals surface area contributed by atoms with Crippen LogP contribution >= 0.6 is 0 Å². The van der Waals surface area contributed by atoms with E-state index in [1.54, 1.807) is 7.11 Å². The van der Waals surface area contributed by atoms with E-state index >= 15 is 0 Å². The summed E-state index contributed by atoms with van der Waals surface area (Å²) in [4.78, 5) is 28.7. The number of benzene rings is 2. The molecule has 1 N–H and O–H groups in total. The Morgan fingerprint density at radius 2 is 1.91 bits per heavy atom. The van der Waals surface area contributed by atoms with Crippen LogP contribution in [0.25, 0.3) is 10.9 Å². The minimum absolute atomic E-state index is 0.0416. The van der Waals surface area contributed by atoms with Crippen LogP contribution in [0.4, 0.5) is 0 Å². The molecule has 0 aliphatic carbocycles. The van der Waals surface area contributed by atoms with Gasteiger partial charge in [0.2, 0.25) is 0 Å². The predicted molar refractivity (Wildman–Crippen MR) is 136 cm³/mol. The SMILES string of the molecule is CCCCC(CC)C(=O)c1n[nH]c2cc(C)c(C(=O)N3Cc4ccc(OCCOC)cc4C3)cc12. The van der Waals surface area contributed by atoms with Gasteiger partial charge in [-0.25, -0.2) is 0 Å². The number of aromatic amines is 1. The first kappa shape index (κ1) is 24.9. The summed E-state index contributed by atoms with van der Waals surface area (Å²) < 4.78 is 10.8. The zero-order valence-electron chi connectivity index (χ0n) is 21.1. The highest BCUT2D eigenvalue weighted by Gasteiger charge is 2.28. The summed E-state index contributed by atoms with van der Waals surface area (Å²) in [5, 5.41) is 8.09. The molecule has 0 spiro atoms. The molecule has 2 heterocycles. The Hall–Kier alpha value is -3.19. The van der Waals surface area contributed by atoms with Crippen molar-refractivity contribution in [3.8, 4) is 5.75 Å². The summed E-state index contributed by atoms with van der Waals surface area (Å²) in [6, 6.07) is 9.73. The third-order valence-electron chi connectivity index (χ3n) is 6.88. The highest BCUT2D eigenvalue weighted by atomic mass is 16.5. The van der Waals surface area contributed by atoms with Crippen molar-refractivity contribution in [1.29, 1.82) is 0 Å². The number of Topliss-reactive ketones (excluding diaryl/α,β-unsaturated/α-hetero) is 1. The number of aromatic nitrogens is 2. The predicted octanol–water partition coefficient (Wildman–Crippen LogP) is 5.45. The van der Waals surface area contributed by atoms with Crippen molar-refractivity contribution in [2.45, 2.75) is 59.5 Å². The Balaban J connectivity index is 1.56. The quantitative estimate of drug-likeness (QED) is 0.293. The number of hydrogen-bond acceptors (Lipinski definition) is 5. The molecule has 1 atom stereocenters. The summed E-state index contributed by atoms with van der Waals surface area (Å²) in [5.41, 5.74) is 4.92. The van der Waals surface area contributed by atoms with Crippen molar-refractivity contribution in [2.24, 2.45) is 5.92 Å². The molecule has 186 valence electrons. The van der Waals surface area contributed by atoms with Gasteiger partial charge in [0.25, 0.3) is 5.91 Å². The number of H-pyrrole nitrogens is 1. The van der Waals surface area contributed by atoms with E-state index in [1.165, 1.54) is 0 Å². The lowest BCUT2D eigenvalue weighted by molar-refractivity contribution is 0.0750. The Morgan fingerprint density at radius 1 is 1.11 bits per heavy atom. The van der Waals surface area contributed by atoms with Gasteiger partial charge in [0.05, 0.1) is 12.1 Å². The number of ether oxygens (including phenoxy) is 2. The standard InChI is InChI=1S/C28H35N3O4/c1-5-7-8-19(6-2)27(32)26-24-15-23(18(3)13-25(24)29-30-26)28(33)31-16-20-9-10-22(14-21(20)17-31)35-12-11-34-4/h9-10,13-15,19H,5-8,11-12,16-17H2,1-4H3,(H,29,30). The van der Waals surface area contributed by atoms with Crippen LogP contribution in [-0.2, 0) is 17.8 Å². The molecule has 0 fully saturated rings. The second-order valence-corrected chi connectivity index (χ2v) is 9.33. The summed E-state index contributed by atoms with van der Waals surface area (Å²) in [7, 11) is 1.64. The molecule has 7 heteroatoms. The summed E-state index contributed by atoms with van der Waals surface area (Å²) in [5.74, 6) is 0.752. The maximum Gasteiger partial charge on any atom is 0.254 e. The number of nitrogens with one attached hydrogen (secondary N) is 1. The van der Waals surface area contributed by atoms with Gasteiger partial charge < -0.3 is 14.4 Å². The topological polar surface area (TPSA) is 84.5 Å². The Morgan fingerprint density at radius 3 is 2.66 bits per heavy atom. The fraction of sp³-hybridized carbons (Fsp3) is 0.464. The largest absolute Gasteiger partial charge is 0.491 e. The average Bonchev–Trinajstić information content (AvgIpc) is 3.47. The van der Waals surface area contributed by atoms with Gasteiger partial charge in [-0.1, -0.05) is 32.8 Å². The van der Waals surface area contributed by atoms with Crippen LogP contribution in [0.3, 0.4) is 0 Å². The molecular weight excluding hydrogens is 442 g/mol. The molecule has 1 aliphatic heterocycles. The highest BCUT2D eigenvalue weighted by molar-refractivity contribution is 6.09. The second-order valence-electron chi connectivity index (χ2n) is 9.33. The van der Waals surface area contributed by atoms with Crippen LogP contribution in [0.5, 0.6) is 5.75 Å². The summed E-state index contributed by atoms with van der Waals surface area (Å²) in [6.07, 6.45) is 3.72. The molecule has 1 amide bonds. The number of amides is 1. The van der Waals surface area contributed by atoms with Gasteiger partial charge >= 0.3 is 0 Å². The van der Waals surface area contributed by atoms with Gasteiger partial charge in [0.1, 0.15) is 18.1 Å². The van der Waals surface area contributed by atoms with Gasteiger partial charge in [0.15, 0.2) is 5.78 Å². The number of rotatable bonds is 11. The van der Waals surface area contributed by atoms with Crippen LogP contribution in [0.1, 0.15) is 77.1 Å². The van der Waals surface area contributed by atoms with Gasteiger partial charge in [-0.2, -0.15) is 5.10 Å².